The second-order valence-electron chi connectivity index (χ2n) is 3.43. The topological polar surface area (TPSA) is 55.0 Å². The zero-order chi connectivity index (χ0) is 9.97. The van der Waals surface area contributed by atoms with E-state index in [-0.39, 0.29) is 0 Å². The summed E-state index contributed by atoms with van der Waals surface area (Å²) in [6.07, 6.45) is 4.54. The molecule has 0 bridgehead atoms. The Balaban J connectivity index is 2.17. The predicted octanol–water partition coefficient (Wildman–Crippen LogP) is 0.543. The second kappa shape index (κ2) is 3.88. The molecule has 5 heteroatoms. The summed E-state index contributed by atoms with van der Waals surface area (Å²) in [6.45, 7) is 1.51. The Bertz CT molecular complexity index is 300. The lowest BCUT2D eigenvalue weighted by Crippen LogP contribution is -2.36. The lowest BCUT2D eigenvalue weighted by Gasteiger charge is -2.22. The van der Waals surface area contributed by atoms with E-state index in [1.807, 2.05) is 4.90 Å². The van der Waals surface area contributed by atoms with E-state index in [0.717, 1.165) is 19.4 Å². The molecule has 1 saturated heterocycles. The molecule has 0 spiro atoms. The van der Waals surface area contributed by atoms with Crippen LogP contribution in [0.15, 0.2) is 12.4 Å². The van der Waals surface area contributed by atoms with Crippen LogP contribution in [-0.2, 0) is 0 Å². The highest BCUT2D eigenvalue weighted by atomic mass is 19.1. The standard InChI is InChI=1S/C9H13FN4/c10-7-5-12-9(13-6-7)14-3-1-2-8(14)4-11/h5-6,8H,1-4,11H2/t8-/m1/s1. The van der Waals surface area contributed by atoms with Gasteiger partial charge in [-0.2, -0.15) is 0 Å². The molecule has 1 aromatic rings. The van der Waals surface area contributed by atoms with E-state index in [1.165, 1.54) is 12.4 Å². The molecule has 76 valence electrons. The van der Waals surface area contributed by atoms with E-state index < -0.39 is 5.82 Å². The molecule has 1 aromatic heterocycles. The molecule has 1 aliphatic rings. The Hall–Kier alpha value is -1.23. The van der Waals surface area contributed by atoms with Gasteiger partial charge in [-0.15, -0.1) is 0 Å². The summed E-state index contributed by atoms with van der Waals surface area (Å²) in [5, 5.41) is 0. The van der Waals surface area contributed by atoms with Gasteiger partial charge in [-0.05, 0) is 12.8 Å². The Morgan fingerprint density at radius 1 is 1.50 bits per heavy atom. The molecule has 0 amide bonds. The minimum atomic E-state index is -0.405. The van der Waals surface area contributed by atoms with Crippen LogP contribution in [0.2, 0.25) is 0 Å². The highest BCUT2D eigenvalue weighted by Gasteiger charge is 2.24. The van der Waals surface area contributed by atoms with E-state index in [0.29, 0.717) is 18.5 Å². The van der Waals surface area contributed by atoms with Gasteiger partial charge in [-0.3, -0.25) is 0 Å². The third-order valence-corrected chi connectivity index (χ3v) is 2.51. The molecule has 0 radical (unpaired) electrons. The summed E-state index contributed by atoms with van der Waals surface area (Å²) in [5.41, 5.74) is 5.62. The molecule has 1 fully saturated rings. The summed E-state index contributed by atoms with van der Waals surface area (Å²) >= 11 is 0. The molecule has 2 heterocycles. The second-order valence-corrected chi connectivity index (χ2v) is 3.43. The maximum atomic E-state index is 12.6. The van der Waals surface area contributed by atoms with Gasteiger partial charge >= 0.3 is 0 Å². The summed E-state index contributed by atoms with van der Waals surface area (Å²) < 4.78 is 12.6. The fourth-order valence-electron chi connectivity index (χ4n) is 1.80. The van der Waals surface area contributed by atoms with Crippen LogP contribution in [0.1, 0.15) is 12.8 Å². The first-order valence-electron chi connectivity index (χ1n) is 4.75. The van der Waals surface area contributed by atoms with Crippen LogP contribution >= 0.6 is 0 Å². The van der Waals surface area contributed by atoms with Crippen molar-refractivity contribution in [2.45, 2.75) is 18.9 Å². The normalized spacial score (nSPS) is 21.6. The zero-order valence-electron chi connectivity index (χ0n) is 7.86. The fourth-order valence-corrected chi connectivity index (χ4v) is 1.80. The van der Waals surface area contributed by atoms with Gasteiger partial charge in [-0.25, -0.2) is 14.4 Å². The molecule has 1 aliphatic heterocycles. The molecule has 4 nitrogen and oxygen atoms in total. The van der Waals surface area contributed by atoms with Gasteiger partial charge in [0.2, 0.25) is 5.95 Å². The highest BCUT2D eigenvalue weighted by Crippen LogP contribution is 2.20. The molecule has 2 rings (SSSR count). The van der Waals surface area contributed by atoms with Crippen LogP contribution in [-0.4, -0.2) is 29.1 Å². The predicted molar refractivity (Wildman–Crippen MR) is 51.4 cm³/mol. The number of nitrogens with zero attached hydrogens (tertiary/aromatic N) is 3. The zero-order valence-corrected chi connectivity index (χ0v) is 7.86. The van der Waals surface area contributed by atoms with Gasteiger partial charge in [0.15, 0.2) is 5.82 Å². The van der Waals surface area contributed by atoms with Crippen LogP contribution in [0, 0.1) is 5.82 Å². The van der Waals surface area contributed by atoms with Gasteiger partial charge < -0.3 is 10.6 Å². The molecular weight excluding hydrogens is 183 g/mol. The third kappa shape index (κ3) is 1.68. The minimum Gasteiger partial charge on any atom is -0.337 e. The lowest BCUT2D eigenvalue weighted by atomic mass is 10.2. The number of nitrogens with two attached hydrogens (primary N) is 1. The van der Waals surface area contributed by atoms with Crippen LogP contribution in [0.25, 0.3) is 0 Å². The van der Waals surface area contributed by atoms with E-state index in [1.54, 1.807) is 0 Å². The van der Waals surface area contributed by atoms with E-state index in [9.17, 15) is 4.39 Å². The monoisotopic (exact) mass is 196 g/mol. The first kappa shape index (κ1) is 9.33. The van der Waals surface area contributed by atoms with Crippen molar-refractivity contribution in [3.05, 3.63) is 18.2 Å². The van der Waals surface area contributed by atoms with Gasteiger partial charge in [0.05, 0.1) is 12.4 Å². The first-order valence-corrected chi connectivity index (χ1v) is 4.75. The van der Waals surface area contributed by atoms with Crippen LogP contribution in [0.4, 0.5) is 10.3 Å². The summed E-state index contributed by atoms with van der Waals surface area (Å²) in [5.74, 6) is 0.177. The Labute approximate surface area is 82.0 Å². The van der Waals surface area contributed by atoms with E-state index in [2.05, 4.69) is 9.97 Å². The Kier molecular flexibility index (Phi) is 2.58. The maximum Gasteiger partial charge on any atom is 0.225 e. The molecule has 2 N–H and O–H groups in total. The SMILES string of the molecule is NC[C@H]1CCCN1c1ncc(F)cn1. The van der Waals surface area contributed by atoms with Crippen molar-refractivity contribution >= 4 is 5.95 Å². The largest absolute Gasteiger partial charge is 0.337 e. The Morgan fingerprint density at radius 3 is 2.86 bits per heavy atom. The van der Waals surface area contributed by atoms with Gasteiger partial charge in [0, 0.05) is 19.1 Å². The van der Waals surface area contributed by atoms with Gasteiger partial charge in [0.1, 0.15) is 0 Å². The number of aromatic nitrogens is 2. The average molecular weight is 196 g/mol. The number of hydrogen-bond acceptors (Lipinski definition) is 4. The van der Waals surface area contributed by atoms with Crippen molar-refractivity contribution in [2.75, 3.05) is 18.0 Å². The summed E-state index contributed by atoms with van der Waals surface area (Å²) in [4.78, 5) is 9.93. The molecular formula is C9H13FN4. The van der Waals surface area contributed by atoms with Crippen molar-refractivity contribution in [3.8, 4) is 0 Å². The molecule has 0 aromatic carbocycles. The van der Waals surface area contributed by atoms with E-state index in [4.69, 9.17) is 5.73 Å². The van der Waals surface area contributed by atoms with Crippen molar-refractivity contribution in [1.82, 2.24) is 9.97 Å². The maximum absolute atomic E-state index is 12.6. The molecule has 0 saturated carbocycles. The number of rotatable bonds is 2. The summed E-state index contributed by atoms with van der Waals surface area (Å²) in [7, 11) is 0. The number of halogens is 1. The lowest BCUT2D eigenvalue weighted by molar-refractivity contribution is 0.607. The van der Waals surface area contributed by atoms with Crippen molar-refractivity contribution < 1.29 is 4.39 Å². The minimum absolute atomic E-state index is 0.306. The van der Waals surface area contributed by atoms with Crippen molar-refractivity contribution in [3.63, 3.8) is 0 Å². The van der Waals surface area contributed by atoms with Crippen molar-refractivity contribution in [2.24, 2.45) is 5.73 Å². The van der Waals surface area contributed by atoms with Crippen LogP contribution < -0.4 is 10.6 Å². The van der Waals surface area contributed by atoms with E-state index >= 15 is 0 Å². The smallest absolute Gasteiger partial charge is 0.225 e. The third-order valence-electron chi connectivity index (χ3n) is 2.51. The molecule has 14 heavy (non-hydrogen) atoms. The summed E-state index contributed by atoms with van der Waals surface area (Å²) in [6, 6.07) is 0.306. The molecule has 0 unspecified atom stereocenters. The average Bonchev–Trinajstić information content (AvgIpc) is 2.67. The fraction of sp³-hybridized carbons (Fsp3) is 0.556. The van der Waals surface area contributed by atoms with Crippen LogP contribution in [0.5, 0.6) is 0 Å². The Morgan fingerprint density at radius 2 is 2.21 bits per heavy atom. The van der Waals surface area contributed by atoms with Crippen LogP contribution in [0.3, 0.4) is 0 Å². The van der Waals surface area contributed by atoms with Gasteiger partial charge in [-0.1, -0.05) is 0 Å². The highest BCUT2D eigenvalue weighted by molar-refractivity contribution is 5.32. The molecule has 1 atom stereocenters. The number of hydrogen-bond donors (Lipinski definition) is 1. The quantitative estimate of drug-likeness (QED) is 0.750. The van der Waals surface area contributed by atoms with Crippen molar-refractivity contribution in [1.29, 1.82) is 0 Å². The first-order chi connectivity index (χ1) is 6.81. The number of anilines is 1. The molecule has 0 aliphatic carbocycles. The van der Waals surface area contributed by atoms with Gasteiger partial charge in [0.25, 0.3) is 0 Å².